The molecule has 0 radical (unpaired) electrons. The maximum atomic E-state index is 5.87. The number of rotatable bonds is 4. The molecule has 4 aromatic heterocycles. The van der Waals surface area contributed by atoms with Gasteiger partial charge >= 0.3 is 0 Å². The first-order valence-electron chi connectivity index (χ1n) is 11.0. The van der Waals surface area contributed by atoms with E-state index in [1.807, 2.05) is 34.8 Å². The van der Waals surface area contributed by atoms with Crippen LogP contribution in [0.2, 0.25) is 0 Å². The zero-order chi connectivity index (χ0) is 22.4. The molecule has 0 saturated heterocycles. The van der Waals surface area contributed by atoms with Crippen molar-refractivity contribution in [3.8, 4) is 11.5 Å². The standard InChI is InChI=1S/C25H23N7O/c1-16-8-9-17(2)32-22(16)12-21(30-32)24-23-20(28-15-29-23)10-11-31(24)25-26-13-19(14-27-25)33-18-6-4-3-5-7-18/h3-9,12-15,24H,10-11H2,1-2H3,(H,28,29)/t24-/m0/s1. The number of hydrogen-bond donors (Lipinski definition) is 1. The molecule has 0 spiro atoms. The zero-order valence-electron chi connectivity index (χ0n) is 18.4. The summed E-state index contributed by atoms with van der Waals surface area (Å²) in [7, 11) is 0. The summed E-state index contributed by atoms with van der Waals surface area (Å²) in [5.74, 6) is 1.97. The Morgan fingerprint density at radius 3 is 2.58 bits per heavy atom. The van der Waals surface area contributed by atoms with E-state index in [1.165, 1.54) is 5.56 Å². The van der Waals surface area contributed by atoms with Gasteiger partial charge in [-0.25, -0.2) is 19.5 Å². The van der Waals surface area contributed by atoms with Crippen molar-refractivity contribution in [3.63, 3.8) is 0 Å². The van der Waals surface area contributed by atoms with Crippen LogP contribution in [-0.4, -0.2) is 36.1 Å². The summed E-state index contributed by atoms with van der Waals surface area (Å²) in [6, 6.07) is 15.8. The third-order valence-electron chi connectivity index (χ3n) is 6.10. The summed E-state index contributed by atoms with van der Waals surface area (Å²) in [6.07, 6.45) is 6.02. The van der Waals surface area contributed by atoms with Gasteiger partial charge in [0, 0.05) is 24.4 Å². The molecule has 6 rings (SSSR count). The number of anilines is 1. The van der Waals surface area contributed by atoms with E-state index in [2.05, 4.69) is 56.9 Å². The predicted octanol–water partition coefficient (Wildman–Crippen LogP) is 4.41. The van der Waals surface area contributed by atoms with Gasteiger partial charge in [0.1, 0.15) is 11.8 Å². The van der Waals surface area contributed by atoms with Gasteiger partial charge in [-0.1, -0.05) is 24.3 Å². The number of hydrogen-bond acceptors (Lipinski definition) is 6. The third kappa shape index (κ3) is 3.40. The number of aryl methyl sites for hydroxylation is 2. The molecule has 5 heterocycles. The van der Waals surface area contributed by atoms with Gasteiger partial charge in [0.05, 0.1) is 35.6 Å². The second-order valence-corrected chi connectivity index (χ2v) is 8.27. The van der Waals surface area contributed by atoms with Gasteiger partial charge in [0.2, 0.25) is 5.95 Å². The Morgan fingerprint density at radius 1 is 0.970 bits per heavy atom. The van der Waals surface area contributed by atoms with Gasteiger partial charge in [0.25, 0.3) is 0 Å². The first-order valence-corrected chi connectivity index (χ1v) is 11.0. The Balaban J connectivity index is 1.39. The molecule has 5 aromatic rings. The zero-order valence-corrected chi connectivity index (χ0v) is 18.4. The van der Waals surface area contributed by atoms with Crippen molar-refractivity contribution in [2.24, 2.45) is 0 Å². The predicted molar refractivity (Wildman–Crippen MR) is 125 cm³/mol. The highest BCUT2D eigenvalue weighted by Crippen LogP contribution is 2.36. The number of fused-ring (bicyclic) bond motifs is 2. The van der Waals surface area contributed by atoms with Crippen molar-refractivity contribution in [3.05, 3.63) is 95.6 Å². The summed E-state index contributed by atoms with van der Waals surface area (Å²) in [6.45, 7) is 4.93. The maximum absolute atomic E-state index is 5.87. The Hall–Kier alpha value is -4.20. The summed E-state index contributed by atoms with van der Waals surface area (Å²) in [4.78, 5) is 19.4. The number of ether oxygens (including phenoxy) is 1. The highest BCUT2D eigenvalue weighted by Gasteiger charge is 2.34. The molecule has 1 aromatic carbocycles. The Bertz CT molecular complexity index is 1380. The fraction of sp³-hybridized carbons (Fsp3) is 0.200. The van der Waals surface area contributed by atoms with Crippen molar-refractivity contribution in [2.45, 2.75) is 26.3 Å². The summed E-state index contributed by atoms with van der Waals surface area (Å²) in [5.41, 5.74) is 6.39. The topological polar surface area (TPSA) is 84.2 Å². The highest BCUT2D eigenvalue weighted by molar-refractivity contribution is 5.58. The van der Waals surface area contributed by atoms with Gasteiger partial charge in [-0.2, -0.15) is 5.10 Å². The lowest BCUT2D eigenvalue weighted by Crippen LogP contribution is -2.37. The number of para-hydroxylation sites is 1. The van der Waals surface area contributed by atoms with Gasteiger partial charge in [0.15, 0.2) is 5.75 Å². The Kier molecular flexibility index (Phi) is 4.57. The summed E-state index contributed by atoms with van der Waals surface area (Å²) in [5, 5.41) is 4.97. The fourth-order valence-corrected chi connectivity index (χ4v) is 4.41. The van der Waals surface area contributed by atoms with Gasteiger partial charge in [-0.05, 0) is 43.7 Å². The number of imidazole rings is 1. The normalized spacial score (nSPS) is 15.6. The maximum Gasteiger partial charge on any atom is 0.226 e. The molecule has 1 aliphatic heterocycles. The van der Waals surface area contributed by atoms with Crippen LogP contribution in [0.15, 0.2) is 67.3 Å². The minimum absolute atomic E-state index is 0.181. The molecule has 8 heteroatoms. The molecule has 164 valence electrons. The average Bonchev–Trinajstić information content (AvgIpc) is 3.50. The van der Waals surface area contributed by atoms with E-state index in [9.17, 15) is 0 Å². The molecular weight excluding hydrogens is 414 g/mol. The number of benzene rings is 1. The van der Waals surface area contributed by atoms with Crippen molar-refractivity contribution in [2.75, 3.05) is 11.4 Å². The van der Waals surface area contributed by atoms with Crippen molar-refractivity contribution in [1.29, 1.82) is 0 Å². The molecule has 1 atom stereocenters. The number of H-pyrrole nitrogens is 1. The summed E-state index contributed by atoms with van der Waals surface area (Å²) >= 11 is 0. The van der Waals surface area contributed by atoms with Crippen LogP contribution in [-0.2, 0) is 6.42 Å². The molecule has 0 aliphatic carbocycles. The second-order valence-electron chi connectivity index (χ2n) is 8.27. The van der Waals surface area contributed by atoms with Crippen LogP contribution in [0, 0.1) is 13.8 Å². The Labute approximate surface area is 190 Å². The van der Waals surface area contributed by atoms with E-state index in [1.54, 1.807) is 18.7 Å². The van der Waals surface area contributed by atoms with Crippen LogP contribution >= 0.6 is 0 Å². The number of nitrogens with one attached hydrogen (secondary N) is 1. The van der Waals surface area contributed by atoms with Crippen molar-refractivity contribution < 1.29 is 4.74 Å². The summed E-state index contributed by atoms with van der Waals surface area (Å²) < 4.78 is 7.87. The van der Waals surface area contributed by atoms with Crippen LogP contribution in [0.3, 0.4) is 0 Å². The molecule has 8 nitrogen and oxygen atoms in total. The second kappa shape index (κ2) is 7.74. The number of nitrogens with zero attached hydrogens (tertiary/aromatic N) is 6. The van der Waals surface area contributed by atoms with Gasteiger partial charge in [-0.3, -0.25) is 0 Å². The van der Waals surface area contributed by atoms with Crippen LogP contribution in [0.1, 0.15) is 34.4 Å². The van der Waals surface area contributed by atoms with Crippen molar-refractivity contribution >= 4 is 11.5 Å². The molecule has 0 saturated carbocycles. The number of aromatic amines is 1. The largest absolute Gasteiger partial charge is 0.454 e. The molecule has 33 heavy (non-hydrogen) atoms. The minimum atomic E-state index is -0.181. The van der Waals surface area contributed by atoms with Crippen LogP contribution in [0.5, 0.6) is 11.5 Å². The average molecular weight is 438 g/mol. The molecule has 0 fully saturated rings. The van der Waals surface area contributed by atoms with Crippen molar-refractivity contribution in [1.82, 2.24) is 29.5 Å². The molecule has 1 N–H and O–H groups in total. The van der Waals surface area contributed by atoms with Gasteiger partial charge in [-0.15, -0.1) is 0 Å². The third-order valence-corrected chi connectivity index (χ3v) is 6.10. The van der Waals surface area contributed by atoms with E-state index >= 15 is 0 Å². The van der Waals surface area contributed by atoms with E-state index in [0.717, 1.165) is 47.0 Å². The lowest BCUT2D eigenvalue weighted by atomic mass is 10.00. The molecule has 0 amide bonds. The Morgan fingerprint density at radius 2 is 1.79 bits per heavy atom. The minimum Gasteiger partial charge on any atom is -0.454 e. The molecule has 1 aliphatic rings. The first kappa shape index (κ1) is 19.5. The van der Waals surface area contributed by atoms with Crippen LogP contribution in [0.4, 0.5) is 5.95 Å². The first-order chi connectivity index (χ1) is 16.2. The van der Waals surface area contributed by atoms with Crippen LogP contribution in [0.25, 0.3) is 5.52 Å². The molecule has 0 unspecified atom stereocenters. The highest BCUT2D eigenvalue weighted by atomic mass is 16.5. The SMILES string of the molecule is Cc1ccc(C)n2nc([C@H]3c4nc[nH]c4CCN3c3ncc(Oc4ccccc4)cn3)cc12. The lowest BCUT2D eigenvalue weighted by Gasteiger charge is -2.33. The smallest absolute Gasteiger partial charge is 0.226 e. The van der Waals surface area contributed by atoms with E-state index < -0.39 is 0 Å². The van der Waals surface area contributed by atoms with Gasteiger partial charge < -0.3 is 14.6 Å². The van der Waals surface area contributed by atoms with E-state index in [-0.39, 0.29) is 6.04 Å². The number of aromatic nitrogens is 6. The van der Waals surface area contributed by atoms with E-state index in [0.29, 0.717) is 11.7 Å². The quantitative estimate of drug-likeness (QED) is 0.448. The van der Waals surface area contributed by atoms with E-state index in [4.69, 9.17) is 9.84 Å². The number of pyridine rings is 1. The monoisotopic (exact) mass is 437 g/mol. The molecule has 0 bridgehead atoms. The fourth-order valence-electron chi connectivity index (χ4n) is 4.41. The molecular formula is C25H23N7O. The van der Waals surface area contributed by atoms with Crippen LogP contribution < -0.4 is 9.64 Å². The lowest BCUT2D eigenvalue weighted by molar-refractivity contribution is 0.476.